The number of nitrogens with one attached hydrogen (secondary N) is 1. The summed E-state index contributed by atoms with van der Waals surface area (Å²) in [6.45, 7) is 5.07. The zero-order chi connectivity index (χ0) is 26.7. The van der Waals surface area contributed by atoms with E-state index >= 15 is 0 Å². The zero-order valence-corrected chi connectivity index (χ0v) is 23.1. The highest BCUT2D eigenvalue weighted by atomic mass is 16.2. The Morgan fingerprint density at radius 3 is 2.05 bits per heavy atom. The van der Waals surface area contributed by atoms with Gasteiger partial charge in [0.15, 0.2) is 0 Å². The topological polar surface area (TPSA) is 49.4 Å². The molecule has 0 aliphatic carbocycles. The fourth-order valence-corrected chi connectivity index (χ4v) is 4.58. The van der Waals surface area contributed by atoms with Crippen molar-refractivity contribution in [3.8, 4) is 12.3 Å². The lowest BCUT2D eigenvalue weighted by molar-refractivity contribution is -0.121. The molecule has 2 rings (SSSR count). The molecule has 0 saturated heterocycles. The van der Waals surface area contributed by atoms with Crippen LogP contribution in [0.5, 0.6) is 0 Å². The van der Waals surface area contributed by atoms with Gasteiger partial charge in [-0.3, -0.25) is 9.59 Å². The van der Waals surface area contributed by atoms with E-state index < -0.39 is 0 Å². The number of rotatable bonds is 18. The summed E-state index contributed by atoms with van der Waals surface area (Å²) < 4.78 is 0. The lowest BCUT2D eigenvalue weighted by Crippen LogP contribution is -2.35. The van der Waals surface area contributed by atoms with E-state index in [-0.39, 0.29) is 18.2 Å². The summed E-state index contributed by atoms with van der Waals surface area (Å²) in [7, 11) is 0. The summed E-state index contributed by atoms with van der Waals surface area (Å²) >= 11 is 0. The number of carbonyl (C=O) groups is 2. The maximum atomic E-state index is 13.3. The first-order chi connectivity index (χ1) is 18.1. The Kier molecular flexibility index (Phi) is 14.9. The highest BCUT2D eigenvalue weighted by molar-refractivity contribution is 5.95. The van der Waals surface area contributed by atoms with Gasteiger partial charge < -0.3 is 10.2 Å². The number of amides is 2. The number of anilines is 1. The molecule has 4 heteroatoms. The Bertz CT molecular complexity index is 992. The first-order valence-corrected chi connectivity index (χ1v) is 14.2. The second-order valence-electron chi connectivity index (χ2n) is 9.95. The van der Waals surface area contributed by atoms with Crippen LogP contribution in [0.15, 0.2) is 48.5 Å². The lowest BCUT2D eigenvalue weighted by atomic mass is 10.1. The normalized spacial score (nSPS) is 10.6. The molecule has 2 aromatic carbocycles. The fourth-order valence-electron chi connectivity index (χ4n) is 4.58. The quantitative estimate of drug-likeness (QED) is 0.168. The largest absolute Gasteiger partial charge is 0.356 e. The summed E-state index contributed by atoms with van der Waals surface area (Å²) in [5.41, 5.74) is 3.61. The summed E-state index contributed by atoms with van der Waals surface area (Å²) in [6.07, 6.45) is 20.4. The van der Waals surface area contributed by atoms with Gasteiger partial charge in [-0.2, -0.15) is 0 Å². The molecule has 0 aliphatic rings. The predicted molar refractivity (Wildman–Crippen MR) is 155 cm³/mol. The van der Waals surface area contributed by atoms with Gasteiger partial charge in [0.25, 0.3) is 0 Å². The maximum absolute atomic E-state index is 13.3. The van der Waals surface area contributed by atoms with Crippen molar-refractivity contribution in [1.29, 1.82) is 0 Å². The van der Waals surface area contributed by atoms with Gasteiger partial charge in [0.1, 0.15) is 0 Å². The molecule has 0 unspecified atom stereocenters. The van der Waals surface area contributed by atoms with Crippen molar-refractivity contribution in [2.45, 2.75) is 104 Å². The minimum Gasteiger partial charge on any atom is -0.356 e. The smallest absolute Gasteiger partial charge is 0.229 e. The van der Waals surface area contributed by atoms with Crippen molar-refractivity contribution in [3.05, 3.63) is 65.2 Å². The van der Waals surface area contributed by atoms with Gasteiger partial charge in [0.05, 0.1) is 12.2 Å². The third-order valence-electron chi connectivity index (χ3n) is 6.91. The standard InChI is InChI=1S/C33H46N2O2/c1-4-6-7-8-9-10-11-12-13-14-15-24-32(36)34-26-25-33(37)35(27-30-22-17-16-20-28(30)3)31-23-19-18-21-29(31)5-2/h2,16-23H,4,6-15,24-27H2,1,3H3,(H,34,36). The molecule has 0 heterocycles. The molecule has 200 valence electrons. The van der Waals surface area contributed by atoms with Crippen LogP contribution in [-0.4, -0.2) is 18.4 Å². The van der Waals surface area contributed by atoms with Crippen molar-refractivity contribution in [3.63, 3.8) is 0 Å². The van der Waals surface area contributed by atoms with E-state index in [0.717, 1.165) is 29.7 Å². The van der Waals surface area contributed by atoms with Crippen molar-refractivity contribution in [2.75, 3.05) is 11.4 Å². The maximum Gasteiger partial charge on any atom is 0.229 e. The summed E-state index contributed by atoms with van der Waals surface area (Å²) in [5.74, 6) is 2.67. The monoisotopic (exact) mass is 502 g/mol. The van der Waals surface area contributed by atoms with Gasteiger partial charge in [-0.25, -0.2) is 0 Å². The Hall–Kier alpha value is -3.06. The number of para-hydroxylation sites is 1. The number of hydrogen-bond donors (Lipinski definition) is 1. The molecule has 4 nitrogen and oxygen atoms in total. The lowest BCUT2D eigenvalue weighted by Gasteiger charge is -2.25. The molecule has 37 heavy (non-hydrogen) atoms. The molecule has 2 aromatic rings. The van der Waals surface area contributed by atoms with Gasteiger partial charge >= 0.3 is 0 Å². The molecule has 0 saturated carbocycles. The molecule has 2 amide bonds. The van der Waals surface area contributed by atoms with Crippen LogP contribution < -0.4 is 10.2 Å². The minimum absolute atomic E-state index is 0.0261. The van der Waals surface area contributed by atoms with Crippen LogP contribution in [0.25, 0.3) is 0 Å². The van der Waals surface area contributed by atoms with Gasteiger partial charge in [0.2, 0.25) is 11.8 Å². The van der Waals surface area contributed by atoms with Crippen molar-refractivity contribution in [1.82, 2.24) is 5.32 Å². The summed E-state index contributed by atoms with van der Waals surface area (Å²) in [5, 5.41) is 2.93. The van der Waals surface area contributed by atoms with Crippen LogP contribution in [-0.2, 0) is 16.1 Å². The number of hydrogen-bond acceptors (Lipinski definition) is 2. The molecule has 0 atom stereocenters. The van der Waals surface area contributed by atoms with Crippen LogP contribution in [0.1, 0.15) is 107 Å². The second-order valence-corrected chi connectivity index (χ2v) is 9.95. The van der Waals surface area contributed by atoms with Crippen LogP contribution in [0.4, 0.5) is 5.69 Å². The molecule has 1 N–H and O–H groups in total. The first-order valence-electron chi connectivity index (χ1n) is 14.2. The molecular formula is C33H46N2O2. The molecule has 0 aliphatic heterocycles. The molecule has 0 bridgehead atoms. The third-order valence-corrected chi connectivity index (χ3v) is 6.91. The average Bonchev–Trinajstić information content (AvgIpc) is 2.91. The van der Waals surface area contributed by atoms with Crippen molar-refractivity contribution >= 4 is 17.5 Å². The van der Waals surface area contributed by atoms with Crippen LogP contribution in [0.3, 0.4) is 0 Å². The summed E-state index contributed by atoms with van der Waals surface area (Å²) in [4.78, 5) is 27.3. The van der Waals surface area contributed by atoms with Crippen LogP contribution in [0.2, 0.25) is 0 Å². The highest BCUT2D eigenvalue weighted by Crippen LogP contribution is 2.24. The van der Waals surface area contributed by atoms with Crippen LogP contribution >= 0.6 is 0 Å². The zero-order valence-electron chi connectivity index (χ0n) is 23.1. The third kappa shape index (κ3) is 11.7. The van der Waals surface area contributed by atoms with E-state index in [4.69, 9.17) is 6.42 Å². The Morgan fingerprint density at radius 1 is 0.811 bits per heavy atom. The van der Waals surface area contributed by atoms with Gasteiger partial charge in [-0.1, -0.05) is 113 Å². The molecule has 0 fully saturated rings. The van der Waals surface area contributed by atoms with Gasteiger partial charge in [-0.05, 0) is 36.6 Å². The fraction of sp³-hybridized carbons (Fsp3) is 0.515. The number of aryl methyl sites for hydroxylation is 1. The predicted octanol–water partition coefficient (Wildman–Crippen LogP) is 7.72. The van der Waals surface area contributed by atoms with Gasteiger partial charge in [0, 0.05) is 24.9 Å². The molecular weight excluding hydrogens is 456 g/mol. The molecule has 0 spiro atoms. The van der Waals surface area contributed by atoms with E-state index in [0.29, 0.717) is 25.1 Å². The van der Waals surface area contributed by atoms with E-state index in [1.54, 1.807) is 4.90 Å². The average molecular weight is 503 g/mol. The van der Waals surface area contributed by atoms with Crippen molar-refractivity contribution in [2.24, 2.45) is 0 Å². The number of unbranched alkanes of at least 4 members (excludes halogenated alkanes) is 10. The van der Waals surface area contributed by atoms with E-state index in [1.165, 1.54) is 57.8 Å². The SMILES string of the molecule is C#Cc1ccccc1N(Cc1ccccc1C)C(=O)CCNC(=O)CCCCCCCCCCCCC. The number of carbonyl (C=O) groups excluding carboxylic acids is 2. The number of nitrogens with zero attached hydrogens (tertiary/aromatic N) is 1. The molecule has 0 radical (unpaired) electrons. The summed E-state index contributed by atoms with van der Waals surface area (Å²) in [6, 6.07) is 15.6. The van der Waals surface area contributed by atoms with E-state index in [9.17, 15) is 9.59 Å². The van der Waals surface area contributed by atoms with Crippen molar-refractivity contribution < 1.29 is 9.59 Å². The van der Waals surface area contributed by atoms with Gasteiger partial charge in [-0.15, -0.1) is 6.42 Å². The highest BCUT2D eigenvalue weighted by Gasteiger charge is 2.19. The van der Waals surface area contributed by atoms with Crippen LogP contribution in [0, 0.1) is 19.3 Å². The Morgan fingerprint density at radius 2 is 1.41 bits per heavy atom. The van der Waals surface area contributed by atoms with E-state index in [1.807, 2.05) is 55.5 Å². The van der Waals surface area contributed by atoms with E-state index in [2.05, 4.69) is 18.2 Å². The molecule has 0 aromatic heterocycles. The Labute approximate surface area is 225 Å². The Balaban J connectivity index is 1.73. The second kappa shape index (κ2) is 18.2. The number of terminal acetylenes is 1. The minimum atomic E-state index is -0.0547. The number of benzene rings is 2. The first kappa shape index (κ1) is 30.2.